The van der Waals surface area contributed by atoms with E-state index in [2.05, 4.69) is 4.90 Å². The van der Waals surface area contributed by atoms with Gasteiger partial charge in [-0.3, -0.25) is 4.79 Å². The topological polar surface area (TPSA) is 49.8 Å². The number of aliphatic carboxylic acids is 1. The van der Waals surface area contributed by atoms with Crippen molar-refractivity contribution in [1.82, 2.24) is 0 Å². The third kappa shape index (κ3) is 2.66. The van der Waals surface area contributed by atoms with Crippen molar-refractivity contribution in [2.24, 2.45) is 0 Å². The van der Waals surface area contributed by atoms with Crippen LogP contribution in [0.4, 0.5) is 5.69 Å². The molecule has 1 N–H and O–H groups in total. The Hall–Kier alpha value is -1.36. The average molecular weight is 253 g/mol. The van der Waals surface area contributed by atoms with Crippen molar-refractivity contribution in [2.45, 2.75) is 5.25 Å². The van der Waals surface area contributed by atoms with E-state index in [9.17, 15) is 4.79 Å². The molecule has 0 spiro atoms. The summed E-state index contributed by atoms with van der Waals surface area (Å²) >= 11 is 1.50. The fourth-order valence-electron chi connectivity index (χ4n) is 1.91. The molecule has 17 heavy (non-hydrogen) atoms. The Morgan fingerprint density at radius 3 is 3.00 bits per heavy atom. The Kier molecular flexibility index (Phi) is 3.78. The number of thioether (sulfide) groups is 1. The largest absolute Gasteiger partial charge is 0.495 e. The number of anilines is 1. The first-order valence-electron chi connectivity index (χ1n) is 5.44. The highest BCUT2D eigenvalue weighted by Crippen LogP contribution is 2.31. The minimum atomic E-state index is -0.741. The number of hydrogen-bond donors (Lipinski definition) is 1. The van der Waals surface area contributed by atoms with Gasteiger partial charge in [-0.2, -0.15) is 0 Å². The van der Waals surface area contributed by atoms with Gasteiger partial charge in [0.1, 0.15) is 11.0 Å². The molecule has 1 aromatic carbocycles. The molecule has 1 aromatic rings. The van der Waals surface area contributed by atoms with E-state index in [4.69, 9.17) is 9.84 Å². The fraction of sp³-hybridized carbons (Fsp3) is 0.417. The third-order valence-corrected chi connectivity index (χ3v) is 3.94. The fourth-order valence-corrected chi connectivity index (χ4v) is 2.95. The minimum Gasteiger partial charge on any atom is -0.495 e. The van der Waals surface area contributed by atoms with Gasteiger partial charge in [0.05, 0.1) is 12.8 Å². The van der Waals surface area contributed by atoms with Gasteiger partial charge in [-0.05, 0) is 12.1 Å². The standard InChI is InChI=1S/C12H15NO3S/c1-16-10-5-3-2-4-9(10)13-6-7-17-11(8-13)12(14)15/h2-5,11H,6-8H2,1H3,(H,14,15). The predicted molar refractivity (Wildman–Crippen MR) is 69.1 cm³/mol. The molecule has 0 radical (unpaired) electrons. The van der Waals surface area contributed by atoms with E-state index in [1.165, 1.54) is 11.8 Å². The van der Waals surface area contributed by atoms with Gasteiger partial charge in [0.25, 0.3) is 0 Å². The normalized spacial score (nSPS) is 20.1. The lowest BCUT2D eigenvalue weighted by Gasteiger charge is -2.32. The number of carboxylic acid groups (broad SMARTS) is 1. The number of para-hydroxylation sites is 2. The highest BCUT2D eigenvalue weighted by atomic mass is 32.2. The van der Waals surface area contributed by atoms with Gasteiger partial charge in [0.2, 0.25) is 0 Å². The first-order chi connectivity index (χ1) is 8.22. The number of hydrogen-bond acceptors (Lipinski definition) is 4. The number of methoxy groups -OCH3 is 1. The Morgan fingerprint density at radius 1 is 1.53 bits per heavy atom. The van der Waals surface area contributed by atoms with Crippen LogP contribution in [0, 0.1) is 0 Å². The lowest BCUT2D eigenvalue weighted by Crippen LogP contribution is -2.41. The van der Waals surface area contributed by atoms with Crippen LogP contribution in [0.15, 0.2) is 24.3 Å². The third-order valence-electron chi connectivity index (χ3n) is 2.77. The van der Waals surface area contributed by atoms with Crippen LogP contribution in [0.3, 0.4) is 0 Å². The molecule has 0 aromatic heterocycles. The monoisotopic (exact) mass is 253 g/mol. The van der Waals surface area contributed by atoms with Crippen molar-refractivity contribution in [3.8, 4) is 5.75 Å². The van der Waals surface area contributed by atoms with Crippen LogP contribution in [0.2, 0.25) is 0 Å². The first-order valence-corrected chi connectivity index (χ1v) is 6.49. The van der Waals surface area contributed by atoms with Crippen molar-refractivity contribution in [3.63, 3.8) is 0 Å². The van der Waals surface area contributed by atoms with Gasteiger partial charge < -0.3 is 14.7 Å². The van der Waals surface area contributed by atoms with Crippen molar-refractivity contribution >= 4 is 23.4 Å². The number of rotatable bonds is 3. The second-order valence-corrected chi connectivity index (χ2v) is 5.13. The Balaban J connectivity index is 2.18. The molecule has 0 saturated carbocycles. The van der Waals surface area contributed by atoms with Crippen LogP contribution < -0.4 is 9.64 Å². The maximum Gasteiger partial charge on any atom is 0.318 e. The Morgan fingerprint density at radius 2 is 2.29 bits per heavy atom. The second-order valence-electron chi connectivity index (χ2n) is 3.82. The van der Waals surface area contributed by atoms with Crippen LogP contribution in [-0.2, 0) is 4.79 Å². The molecular weight excluding hydrogens is 238 g/mol. The van der Waals surface area contributed by atoms with E-state index in [0.29, 0.717) is 6.54 Å². The summed E-state index contributed by atoms with van der Waals surface area (Å²) in [7, 11) is 1.63. The second kappa shape index (κ2) is 5.31. The van der Waals surface area contributed by atoms with Crippen LogP contribution in [0.1, 0.15) is 0 Å². The van der Waals surface area contributed by atoms with E-state index in [1.807, 2.05) is 24.3 Å². The highest BCUT2D eigenvalue weighted by molar-refractivity contribution is 8.00. The zero-order valence-corrected chi connectivity index (χ0v) is 10.4. The van der Waals surface area contributed by atoms with Crippen molar-refractivity contribution < 1.29 is 14.6 Å². The van der Waals surface area contributed by atoms with Gasteiger partial charge in [-0.1, -0.05) is 12.1 Å². The average Bonchev–Trinajstić information content (AvgIpc) is 2.39. The Labute approximate surface area is 105 Å². The number of ether oxygens (including phenoxy) is 1. The zero-order valence-electron chi connectivity index (χ0n) is 9.63. The minimum absolute atomic E-state index is 0.353. The van der Waals surface area contributed by atoms with Crippen LogP contribution >= 0.6 is 11.8 Å². The van der Waals surface area contributed by atoms with E-state index in [-0.39, 0.29) is 5.25 Å². The maximum atomic E-state index is 11.0. The molecule has 1 saturated heterocycles. The van der Waals surface area contributed by atoms with E-state index in [1.54, 1.807) is 7.11 Å². The van der Waals surface area contributed by atoms with Crippen molar-refractivity contribution in [3.05, 3.63) is 24.3 Å². The molecule has 2 rings (SSSR count). The molecule has 1 aliphatic rings. The van der Waals surface area contributed by atoms with Gasteiger partial charge in [0.15, 0.2) is 0 Å². The van der Waals surface area contributed by atoms with Crippen molar-refractivity contribution in [1.29, 1.82) is 0 Å². The van der Waals surface area contributed by atoms with E-state index < -0.39 is 5.97 Å². The lowest BCUT2D eigenvalue weighted by atomic mass is 10.2. The van der Waals surface area contributed by atoms with Crippen LogP contribution in [0.25, 0.3) is 0 Å². The molecule has 1 unspecified atom stereocenters. The summed E-state index contributed by atoms with van der Waals surface area (Å²) in [4.78, 5) is 13.1. The molecule has 4 nitrogen and oxygen atoms in total. The van der Waals surface area contributed by atoms with Gasteiger partial charge in [0, 0.05) is 18.8 Å². The molecular formula is C12H15NO3S. The lowest BCUT2D eigenvalue weighted by molar-refractivity contribution is -0.136. The van der Waals surface area contributed by atoms with E-state index >= 15 is 0 Å². The summed E-state index contributed by atoms with van der Waals surface area (Å²) in [6.07, 6.45) is 0. The molecule has 92 valence electrons. The quantitative estimate of drug-likeness (QED) is 0.888. The SMILES string of the molecule is COc1ccccc1N1CCSC(C(=O)O)C1. The highest BCUT2D eigenvalue weighted by Gasteiger charge is 2.27. The predicted octanol–water partition coefficient (Wildman–Crippen LogP) is 1.70. The van der Waals surface area contributed by atoms with E-state index in [0.717, 1.165) is 23.7 Å². The smallest absolute Gasteiger partial charge is 0.318 e. The summed E-state index contributed by atoms with van der Waals surface area (Å²) in [5.74, 6) is 0.882. The molecule has 1 aliphatic heterocycles. The molecule has 0 bridgehead atoms. The number of nitrogens with zero attached hydrogens (tertiary/aromatic N) is 1. The van der Waals surface area contributed by atoms with Gasteiger partial charge in [-0.25, -0.2) is 0 Å². The van der Waals surface area contributed by atoms with Crippen molar-refractivity contribution in [2.75, 3.05) is 30.9 Å². The molecule has 5 heteroatoms. The summed E-state index contributed by atoms with van der Waals surface area (Å²) in [5.41, 5.74) is 0.974. The first kappa shape index (κ1) is 12.1. The van der Waals surface area contributed by atoms with Gasteiger partial charge >= 0.3 is 5.97 Å². The number of benzene rings is 1. The molecule has 1 atom stereocenters. The van der Waals surface area contributed by atoms with Gasteiger partial charge in [-0.15, -0.1) is 11.8 Å². The number of carboxylic acids is 1. The molecule has 1 heterocycles. The van der Waals surface area contributed by atoms with Crippen LogP contribution in [0.5, 0.6) is 5.75 Å². The zero-order chi connectivity index (χ0) is 12.3. The molecule has 0 amide bonds. The number of carbonyl (C=O) groups is 1. The summed E-state index contributed by atoms with van der Waals surface area (Å²) in [5, 5.41) is 8.70. The summed E-state index contributed by atoms with van der Waals surface area (Å²) in [6, 6.07) is 7.71. The summed E-state index contributed by atoms with van der Waals surface area (Å²) < 4.78 is 5.30. The molecule has 0 aliphatic carbocycles. The summed E-state index contributed by atoms with van der Waals surface area (Å²) in [6.45, 7) is 1.38. The molecule has 1 fully saturated rings. The Bertz CT molecular complexity index is 410. The maximum absolute atomic E-state index is 11.0. The van der Waals surface area contributed by atoms with Crippen LogP contribution in [-0.4, -0.2) is 42.3 Å².